The summed E-state index contributed by atoms with van der Waals surface area (Å²) in [6.45, 7) is 0. The second-order valence-electron chi connectivity index (χ2n) is 6.46. The van der Waals surface area contributed by atoms with Gasteiger partial charge < -0.3 is 10.4 Å². The van der Waals surface area contributed by atoms with Crippen LogP contribution in [0.5, 0.6) is 0 Å². The number of carbonyl (C=O) groups is 2. The molecule has 4 nitrogen and oxygen atoms in total. The number of ketones is 2. The van der Waals surface area contributed by atoms with Crippen molar-refractivity contribution in [1.82, 2.24) is 0 Å². The smallest absolute Gasteiger partial charge is 0.235 e. The highest BCUT2D eigenvalue weighted by Crippen LogP contribution is 2.36. The molecule has 28 heavy (non-hydrogen) atoms. The number of nitrogens with one attached hydrogen (secondary N) is 1. The molecule has 2 N–H and O–H groups in total. The van der Waals surface area contributed by atoms with Gasteiger partial charge in [0, 0.05) is 16.8 Å². The Balaban J connectivity index is 1.87. The first-order chi connectivity index (χ1) is 13.6. The van der Waals surface area contributed by atoms with E-state index in [1.165, 1.54) is 30.3 Å². The van der Waals surface area contributed by atoms with Gasteiger partial charge in [-0.2, -0.15) is 0 Å². The average Bonchev–Trinajstić information content (AvgIpc) is 2.73. The number of carbonyl (C=O) groups excluding carboxylic acids is 2. The standard InChI is InChI=1S/C23H16FNO3/c24-15-10-12-16(13-11-15)25-20(14-6-2-1-3-7-14)19-21(26)17-8-4-5-9-18(17)22(27)23(19)28/h1-13,20,25-26H. The molecule has 0 saturated heterocycles. The summed E-state index contributed by atoms with van der Waals surface area (Å²) in [6, 6.07) is 20.4. The van der Waals surface area contributed by atoms with Crippen LogP contribution in [0.2, 0.25) is 0 Å². The Labute approximate surface area is 161 Å². The molecule has 4 rings (SSSR count). The van der Waals surface area contributed by atoms with Crippen LogP contribution in [-0.4, -0.2) is 16.7 Å². The van der Waals surface area contributed by atoms with Crippen molar-refractivity contribution in [2.45, 2.75) is 6.04 Å². The van der Waals surface area contributed by atoms with Crippen molar-refractivity contribution >= 4 is 23.0 Å². The fourth-order valence-electron chi connectivity index (χ4n) is 3.33. The SMILES string of the molecule is O=C1C(=O)c2ccccc2C(O)=C1C(Nc1ccc(F)cc1)c1ccccc1. The van der Waals surface area contributed by atoms with Gasteiger partial charge in [-0.3, -0.25) is 9.59 Å². The molecule has 1 atom stereocenters. The van der Waals surface area contributed by atoms with Crippen LogP contribution >= 0.6 is 0 Å². The Kier molecular flexibility index (Phi) is 4.49. The maximum Gasteiger partial charge on any atom is 0.235 e. The topological polar surface area (TPSA) is 66.4 Å². The number of Topliss-reactive ketones (excluding diaryl/α,β-unsaturated/α-hetero) is 2. The maximum atomic E-state index is 13.3. The van der Waals surface area contributed by atoms with Gasteiger partial charge in [-0.25, -0.2) is 4.39 Å². The molecule has 0 fully saturated rings. The maximum absolute atomic E-state index is 13.3. The van der Waals surface area contributed by atoms with Gasteiger partial charge in [0.05, 0.1) is 11.6 Å². The van der Waals surface area contributed by atoms with Crippen LogP contribution in [0.3, 0.4) is 0 Å². The molecule has 0 radical (unpaired) electrons. The zero-order chi connectivity index (χ0) is 19.7. The van der Waals surface area contributed by atoms with Crippen molar-refractivity contribution in [2.24, 2.45) is 0 Å². The summed E-state index contributed by atoms with van der Waals surface area (Å²) in [5.41, 5.74) is 1.72. The number of aliphatic hydroxyl groups excluding tert-OH is 1. The Morgan fingerprint density at radius 1 is 0.750 bits per heavy atom. The Morgan fingerprint density at radius 3 is 2.04 bits per heavy atom. The van der Waals surface area contributed by atoms with Gasteiger partial charge in [0.25, 0.3) is 0 Å². The van der Waals surface area contributed by atoms with Crippen LogP contribution in [-0.2, 0) is 4.79 Å². The summed E-state index contributed by atoms with van der Waals surface area (Å²) in [6.07, 6.45) is 0. The number of hydrogen-bond donors (Lipinski definition) is 2. The normalized spacial score (nSPS) is 14.6. The minimum atomic E-state index is -0.781. The van der Waals surface area contributed by atoms with Crippen molar-refractivity contribution in [1.29, 1.82) is 0 Å². The van der Waals surface area contributed by atoms with Crippen LogP contribution in [0, 0.1) is 5.82 Å². The van der Waals surface area contributed by atoms with Crippen LogP contribution in [0.15, 0.2) is 84.4 Å². The number of halogens is 1. The van der Waals surface area contributed by atoms with Gasteiger partial charge in [-0.15, -0.1) is 0 Å². The first-order valence-corrected chi connectivity index (χ1v) is 8.75. The fraction of sp³-hybridized carbons (Fsp3) is 0.0435. The minimum absolute atomic E-state index is 0.0285. The third-order valence-electron chi connectivity index (χ3n) is 4.71. The second-order valence-corrected chi connectivity index (χ2v) is 6.46. The zero-order valence-electron chi connectivity index (χ0n) is 14.7. The molecule has 3 aromatic carbocycles. The van der Waals surface area contributed by atoms with Gasteiger partial charge in [-0.05, 0) is 29.8 Å². The third-order valence-corrected chi connectivity index (χ3v) is 4.71. The van der Waals surface area contributed by atoms with Crippen LogP contribution in [0.25, 0.3) is 5.76 Å². The summed E-state index contributed by atoms with van der Waals surface area (Å²) in [5, 5.41) is 14.0. The number of fused-ring (bicyclic) bond motifs is 1. The minimum Gasteiger partial charge on any atom is -0.507 e. The first kappa shape index (κ1) is 17.7. The molecule has 0 aromatic heterocycles. The van der Waals surface area contributed by atoms with E-state index in [2.05, 4.69) is 5.32 Å². The molecule has 3 aromatic rings. The van der Waals surface area contributed by atoms with E-state index < -0.39 is 17.6 Å². The fourth-order valence-corrected chi connectivity index (χ4v) is 3.33. The van der Waals surface area contributed by atoms with Gasteiger partial charge in [0.15, 0.2) is 0 Å². The van der Waals surface area contributed by atoms with E-state index in [0.717, 1.165) is 0 Å². The van der Waals surface area contributed by atoms with Crippen molar-refractivity contribution in [3.05, 3.63) is 107 Å². The lowest BCUT2D eigenvalue weighted by molar-refractivity contribution is -0.112. The predicted molar refractivity (Wildman–Crippen MR) is 105 cm³/mol. The van der Waals surface area contributed by atoms with Crippen molar-refractivity contribution < 1.29 is 19.1 Å². The highest BCUT2D eigenvalue weighted by Gasteiger charge is 2.37. The Bertz CT molecular complexity index is 1090. The molecule has 1 aliphatic rings. The summed E-state index contributed by atoms with van der Waals surface area (Å²) >= 11 is 0. The molecule has 138 valence electrons. The van der Waals surface area contributed by atoms with Gasteiger partial charge in [0.1, 0.15) is 11.6 Å². The number of hydrogen-bond acceptors (Lipinski definition) is 4. The first-order valence-electron chi connectivity index (χ1n) is 8.75. The van der Waals surface area contributed by atoms with E-state index in [0.29, 0.717) is 16.8 Å². The Morgan fingerprint density at radius 2 is 1.36 bits per heavy atom. The molecule has 0 bridgehead atoms. The summed E-state index contributed by atoms with van der Waals surface area (Å²) in [5.74, 6) is -2.05. The van der Waals surface area contributed by atoms with Crippen LogP contribution in [0.4, 0.5) is 10.1 Å². The molecule has 0 heterocycles. The van der Waals surface area contributed by atoms with Crippen LogP contribution < -0.4 is 5.32 Å². The molecule has 0 aliphatic heterocycles. The number of anilines is 1. The predicted octanol–water partition coefficient (Wildman–Crippen LogP) is 4.71. The number of rotatable bonds is 4. The summed E-state index contributed by atoms with van der Waals surface area (Å²) in [4.78, 5) is 25.5. The number of benzene rings is 3. The lowest BCUT2D eigenvalue weighted by Gasteiger charge is -2.26. The molecule has 0 spiro atoms. The highest BCUT2D eigenvalue weighted by molar-refractivity contribution is 6.52. The molecular weight excluding hydrogens is 357 g/mol. The highest BCUT2D eigenvalue weighted by atomic mass is 19.1. The van der Waals surface area contributed by atoms with Gasteiger partial charge in [-0.1, -0.05) is 54.6 Å². The third kappa shape index (κ3) is 3.07. The molecule has 0 amide bonds. The largest absolute Gasteiger partial charge is 0.507 e. The van der Waals surface area contributed by atoms with Crippen molar-refractivity contribution in [3.8, 4) is 0 Å². The molecule has 1 aliphatic carbocycles. The van der Waals surface area contributed by atoms with Crippen LogP contribution in [0.1, 0.15) is 27.5 Å². The van der Waals surface area contributed by atoms with E-state index in [1.54, 1.807) is 42.5 Å². The second kappa shape index (κ2) is 7.12. The quantitative estimate of drug-likeness (QED) is 0.650. The van der Waals surface area contributed by atoms with Gasteiger partial charge in [0.2, 0.25) is 11.6 Å². The molecule has 5 heteroatoms. The average molecular weight is 373 g/mol. The van der Waals surface area contributed by atoms with Gasteiger partial charge >= 0.3 is 0 Å². The molecule has 1 unspecified atom stereocenters. The lowest BCUT2D eigenvalue weighted by Crippen LogP contribution is -2.30. The molecular formula is C23H16FNO3. The number of aliphatic hydroxyl groups is 1. The van der Waals surface area contributed by atoms with Crippen molar-refractivity contribution in [3.63, 3.8) is 0 Å². The van der Waals surface area contributed by atoms with Crippen molar-refractivity contribution in [2.75, 3.05) is 5.32 Å². The summed E-state index contributed by atoms with van der Waals surface area (Å²) < 4.78 is 13.3. The summed E-state index contributed by atoms with van der Waals surface area (Å²) in [7, 11) is 0. The van der Waals surface area contributed by atoms with E-state index >= 15 is 0 Å². The van der Waals surface area contributed by atoms with E-state index in [9.17, 15) is 19.1 Å². The van der Waals surface area contributed by atoms with E-state index in [1.807, 2.05) is 6.07 Å². The zero-order valence-corrected chi connectivity index (χ0v) is 14.7. The Hall–Kier alpha value is -3.73. The lowest BCUT2D eigenvalue weighted by atomic mass is 9.83. The van der Waals surface area contributed by atoms with E-state index in [4.69, 9.17) is 0 Å². The van der Waals surface area contributed by atoms with E-state index in [-0.39, 0.29) is 22.7 Å². The molecule has 0 saturated carbocycles. The monoisotopic (exact) mass is 373 g/mol.